The predicted molar refractivity (Wildman–Crippen MR) is 105 cm³/mol. The highest BCUT2D eigenvalue weighted by Crippen LogP contribution is 2.29. The molecule has 9 heteroatoms. The highest BCUT2D eigenvalue weighted by molar-refractivity contribution is 7.99. The van der Waals surface area contributed by atoms with Crippen molar-refractivity contribution in [2.75, 3.05) is 12.9 Å². The van der Waals surface area contributed by atoms with Gasteiger partial charge in [0.2, 0.25) is 0 Å². The smallest absolute Gasteiger partial charge is 0.267 e. The Morgan fingerprint density at radius 1 is 1.32 bits per heavy atom. The van der Waals surface area contributed by atoms with Crippen molar-refractivity contribution in [2.45, 2.75) is 17.7 Å². The van der Waals surface area contributed by atoms with Gasteiger partial charge in [-0.1, -0.05) is 30.0 Å². The number of ether oxygens (including phenoxy) is 1. The number of aryl methyl sites for hydroxylation is 1. The van der Waals surface area contributed by atoms with E-state index in [1.165, 1.54) is 18.0 Å². The van der Waals surface area contributed by atoms with Crippen molar-refractivity contribution in [2.24, 2.45) is 7.05 Å². The molecule has 0 bridgehead atoms. The highest BCUT2D eigenvalue weighted by atomic mass is 32.2. The maximum absolute atomic E-state index is 13.0. The molecule has 0 aliphatic carbocycles. The number of methoxy groups -OCH3 is 1. The average Bonchev–Trinajstić information content (AvgIpc) is 3.35. The first-order chi connectivity index (χ1) is 13.6. The molecule has 8 nitrogen and oxygen atoms in total. The summed E-state index contributed by atoms with van der Waals surface area (Å²) in [6.07, 6.45) is 4.81. The number of imidazole rings is 1. The molecule has 0 spiro atoms. The summed E-state index contributed by atoms with van der Waals surface area (Å²) in [6, 6.07) is 6.82. The van der Waals surface area contributed by atoms with Gasteiger partial charge in [0.1, 0.15) is 23.2 Å². The van der Waals surface area contributed by atoms with Crippen molar-refractivity contribution in [3.63, 3.8) is 0 Å². The molecule has 0 saturated carbocycles. The third-order valence-electron chi connectivity index (χ3n) is 4.64. The Morgan fingerprint density at radius 2 is 2.14 bits per heavy atom. The molecule has 0 fully saturated rings. The number of aromatic nitrogens is 4. The quantitative estimate of drug-likeness (QED) is 0.658. The number of carbonyl (C=O) groups is 1. The number of para-hydroxylation sites is 1. The van der Waals surface area contributed by atoms with Crippen molar-refractivity contribution in [3.8, 4) is 5.75 Å². The Morgan fingerprint density at radius 3 is 2.89 bits per heavy atom. The normalized spacial score (nSPS) is 13.8. The van der Waals surface area contributed by atoms with Gasteiger partial charge in [0.25, 0.3) is 11.5 Å². The fourth-order valence-corrected chi connectivity index (χ4v) is 4.14. The van der Waals surface area contributed by atoms with Gasteiger partial charge in [-0.15, -0.1) is 0 Å². The number of rotatable bonds is 5. The van der Waals surface area contributed by atoms with Gasteiger partial charge in [-0.2, -0.15) is 0 Å². The number of carbonyl (C=O) groups excluding carboxylic acids is 1. The molecule has 4 rings (SSSR count). The molecule has 1 atom stereocenters. The molecule has 1 aromatic carbocycles. The number of fused-ring (bicyclic) bond motifs is 1. The first kappa shape index (κ1) is 18.3. The number of thioether (sulfide) groups is 1. The lowest BCUT2D eigenvalue weighted by atomic mass is 10.0. The van der Waals surface area contributed by atoms with Crippen LogP contribution in [0.4, 0.5) is 0 Å². The van der Waals surface area contributed by atoms with Crippen LogP contribution in [-0.4, -0.2) is 37.9 Å². The van der Waals surface area contributed by atoms with Crippen LogP contribution in [0.5, 0.6) is 5.75 Å². The van der Waals surface area contributed by atoms with Crippen LogP contribution in [0, 0.1) is 0 Å². The van der Waals surface area contributed by atoms with E-state index in [2.05, 4.69) is 15.3 Å². The van der Waals surface area contributed by atoms with Crippen LogP contribution in [0.25, 0.3) is 0 Å². The van der Waals surface area contributed by atoms with E-state index in [1.54, 1.807) is 24.1 Å². The molecule has 1 unspecified atom stereocenters. The van der Waals surface area contributed by atoms with Gasteiger partial charge in [-0.05, 0) is 6.07 Å². The maximum atomic E-state index is 13.0. The van der Waals surface area contributed by atoms with E-state index in [0.717, 1.165) is 11.3 Å². The van der Waals surface area contributed by atoms with Crippen LogP contribution in [0.2, 0.25) is 0 Å². The van der Waals surface area contributed by atoms with Crippen LogP contribution >= 0.6 is 11.8 Å². The van der Waals surface area contributed by atoms with Crippen molar-refractivity contribution >= 4 is 17.7 Å². The molecule has 28 heavy (non-hydrogen) atoms. The molecule has 1 N–H and O–H groups in total. The lowest BCUT2D eigenvalue weighted by Gasteiger charge is -2.21. The topological polar surface area (TPSA) is 91.0 Å². The largest absolute Gasteiger partial charge is 0.496 e. The van der Waals surface area contributed by atoms with E-state index >= 15 is 0 Å². The van der Waals surface area contributed by atoms with Gasteiger partial charge in [-0.3, -0.25) is 14.2 Å². The van der Waals surface area contributed by atoms with Crippen molar-refractivity contribution in [1.82, 2.24) is 24.4 Å². The first-order valence-electron chi connectivity index (χ1n) is 8.73. The minimum atomic E-state index is -0.587. The summed E-state index contributed by atoms with van der Waals surface area (Å²) >= 11 is 1.51. The van der Waals surface area contributed by atoms with Crippen LogP contribution in [0.15, 0.2) is 52.8 Å². The van der Waals surface area contributed by atoms with E-state index in [4.69, 9.17) is 4.74 Å². The summed E-state index contributed by atoms with van der Waals surface area (Å²) in [5, 5.41) is 3.58. The van der Waals surface area contributed by atoms with Crippen LogP contribution in [0.1, 0.15) is 27.8 Å². The second kappa shape index (κ2) is 7.51. The Balaban J connectivity index is 1.74. The zero-order valence-electron chi connectivity index (χ0n) is 15.5. The second-order valence-electron chi connectivity index (χ2n) is 6.30. The highest BCUT2D eigenvalue weighted by Gasteiger charge is 2.27. The van der Waals surface area contributed by atoms with Gasteiger partial charge in [0.05, 0.1) is 7.11 Å². The molecular weight excluding hydrogens is 378 g/mol. The van der Waals surface area contributed by atoms with Crippen LogP contribution in [-0.2, 0) is 13.6 Å². The SMILES string of the molecule is COc1ccccc1C(NC(=O)c1cnc2n(c1=O)CCS2)c1nccn1C. The van der Waals surface area contributed by atoms with E-state index in [1.807, 2.05) is 35.9 Å². The predicted octanol–water partition coefficient (Wildman–Crippen LogP) is 1.61. The van der Waals surface area contributed by atoms with E-state index in [-0.39, 0.29) is 11.1 Å². The molecule has 1 aliphatic rings. The number of amides is 1. The minimum absolute atomic E-state index is 0.0142. The van der Waals surface area contributed by atoms with Crippen molar-refractivity contribution in [3.05, 3.63) is 70.2 Å². The molecule has 3 aromatic rings. The molecule has 144 valence electrons. The number of benzene rings is 1. The Hall–Kier alpha value is -3.07. The summed E-state index contributed by atoms with van der Waals surface area (Å²) in [5.74, 6) is 1.53. The fourth-order valence-electron chi connectivity index (χ4n) is 3.22. The molecule has 1 amide bonds. The lowest BCUT2D eigenvalue weighted by Crippen LogP contribution is -2.36. The van der Waals surface area contributed by atoms with Crippen LogP contribution < -0.4 is 15.6 Å². The molecule has 0 saturated heterocycles. The number of nitrogens with zero attached hydrogens (tertiary/aromatic N) is 4. The second-order valence-corrected chi connectivity index (χ2v) is 7.37. The summed E-state index contributed by atoms with van der Waals surface area (Å²) in [5.41, 5.74) is 0.434. The fraction of sp³-hybridized carbons (Fsp3) is 0.263. The van der Waals surface area contributed by atoms with Crippen molar-refractivity contribution < 1.29 is 9.53 Å². The van der Waals surface area contributed by atoms with E-state index in [9.17, 15) is 9.59 Å². The van der Waals surface area contributed by atoms with Gasteiger partial charge in [0, 0.05) is 43.5 Å². The monoisotopic (exact) mass is 397 g/mol. The first-order valence-corrected chi connectivity index (χ1v) is 9.72. The Labute approximate surface area is 165 Å². The van der Waals surface area contributed by atoms with E-state index < -0.39 is 11.9 Å². The average molecular weight is 397 g/mol. The molecule has 3 heterocycles. The van der Waals surface area contributed by atoms with Crippen molar-refractivity contribution in [1.29, 1.82) is 0 Å². The summed E-state index contributed by atoms with van der Waals surface area (Å²) < 4.78 is 8.83. The Bertz CT molecular complexity index is 1090. The minimum Gasteiger partial charge on any atom is -0.496 e. The number of nitrogens with one attached hydrogen (secondary N) is 1. The lowest BCUT2D eigenvalue weighted by molar-refractivity contribution is 0.0938. The molecule has 2 aromatic heterocycles. The zero-order valence-corrected chi connectivity index (χ0v) is 16.3. The molecule has 0 radical (unpaired) electrons. The summed E-state index contributed by atoms with van der Waals surface area (Å²) in [4.78, 5) is 34.3. The van der Waals surface area contributed by atoms with Gasteiger partial charge < -0.3 is 14.6 Å². The van der Waals surface area contributed by atoms with Gasteiger partial charge >= 0.3 is 0 Å². The Kier molecular flexibility index (Phi) is 4.91. The standard InChI is InChI=1S/C19H19N5O3S/c1-23-8-7-20-16(23)15(12-5-3-4-6-14(12)27-2)22-17(25)13-11-21-19-24(18(13)26)9-10-28-19/h3-8,11,15H,9-10H2,1-2H3,(H,22,25). The van der Waals surface area contributed by atoms with Gasteiger partial charge in [0.15, 0.2) is 5.16 Å². The summed E-state index contributed by atoms with van der Waals surface area (Å²) in [7, 11) is 3.42. The number of hydrogen-bond donors (Lipinski definition) is 1. The van der Waals surface area contributed by atoms with Gasteiger partial charge in [-0.25, -0.2) is 9.97 Å². The number of hydrogen-bond acceptors (Lipinski definition) is 6. The maximum Gasteiger partial charge on any atom is 0.267 e. The zero-order chi connectivity index (χ0) is 19.7. The summed E-state index contributed by atoms with van der Waals surface area (Å²) in [6.45, 7) is 0.558. The van der Waals surface area contributed by atoms with Crippen LogP contribution in [0.3, 0.4) is 0 Å². The third kappa shape index (κ3) is 3.18. The third-order valence-corrected chi connectivity index (χ3v) is 5.61. The molecule has 1 aliphatic heterocycles. The molecular formula is C19H19N5O3S. The van der Waals surface area contributed by atoms with E-state index in [0.29, 0.717) is 23.3 Å².